The van der Waals surface area contributed by atoms with E-state index < -0.39 is 0 Å². The fourth-order valence-corrected chi connectivity index (χ4v) is 1.46. The molecule has 0 aliphatic heterocycles. The van der Waals surface area contributed by atoms with Crippen LogP contribution >= 0.6 is 0 Å². The van der Waals surface area contributed by atoms with Crippen molar-refractivity contribution in [2.24, 2.45) is 0 Å². The summed E-state index contributed by atoms with van der Waals surface area (Å²) in [6, 6.07) is 7.82. The zero-order chi connectivity index (χ0) is 10.6. The average molecular weight is 191 g/mol. The highest BCUT2D eigenvalue weighted by molar-refractivity contribution is 5.95. The van der Waals surface area contributed by atoms with Gasteiger partial charge < -0.3 is 4.90 Å². The van der Waals surface area contributed by atoms with Gasteiger partial charge in [-0.2, -0.15) is 0 Å². The van der Waals surface area contributed by atoms with Gasteiger partial charge >= 0.3 is 0 Å². The normalized spacial score (nSPS) is 9.93. The fraction of sp³-hybridized carbons (Fsp3) is 0.417. The lowest BCUT2D eigenvalue weighted by Gasteiger charge is -2.13. The maximum absolute atomic E-state index is 11.8. The molecule has 0 N–H and O–H groups in total. The fourth-order valence-electron chi connectivity index (χ4n) is 1.46. The second kappa shape index (κ2) is 4.80. The summed E-state index contributed by atoms with van der Waals surface area (Å²) < 4.78 is 0. The lowest BCUT2D eigenvalue weighted by atomic mass is 10.0. The summed E-state index contributed by atoms with van der Waals surface area (Å²) in [5.41, 5.74) is 1.98. The summed E-state index contributed by atoms with van der Waals surface area (Å²) >= 11 is 0. The molecule has 0 bridgehead atoms. The summed E-state index contributed by atoms with van der Waals surface area (Å²) in [4.78, 5) is 13.4. The number of benzene rings is 1. The minimum atomic E-state index is 0.0917. The number of carbonyl (C=O) groups is 1. The maximum Gasteiger partial charge on any atom is 0.253 e. The van der Waals surface area contributed by atoms with Crippen LogP contribution in [-0.4, -0.2) is 24.9 Å². The summed E-state index contributed by atoms with van der Waals surface area (Å²) in [7, 11) is 3.57. The van der Waals surface area contributed by atoms with Crippen LogP contribution in [0.2, 0.25) is 0 Å². The molecule has 0 heterocycles. The first-order valence-electron chi connectivity index (χ1n) is 4.96. The van der Waals surface area contributed by atoms with Crippen molar-refractivity contribution >= 4 is 5.91 Å². The average Bonchev–Trinajstić information content (AvgIpc) is 2.18. The molecule has 1 rings (SSSR count). The third kappa shape index (κ3) is 2.34. The van der Waals surface area contributed by atoms with Gasteiger partial charge in [0.15, 0.2) is 0 Å². The van der Waals surface area contributed by atoms with E-state index in [1.54, 1.807) is 19.0 Å². The highest BCUT2D eigenvalue weighted by Gasteiger charge is 2.11. The van der Waals surface area contributed by atoms with Crippen molar-refractivity contribution < 1.29 is 4.79 Å². The molecule has 1 aromatic carbocycles. The minimum Gasteiger partial charge on any atom is -0.345 e. The third-order valence-electron chi connectivity index (χ3n) is 2.17. The molecular formula is C12H17NO. The van der Waals surface area contributed by atoms with E-state index in [-0.39, 0.29) is 5.91 Å². The maximum atomic E-state index is 11.8. The van der Waals surface area contributed by atoms with Gasteiger partial charge in [0, 0.05) is 19.7 Å². The predicted molar refractivity (Wildman–Crippen MR) is 58.5 cm³/mol. The Hall–Kier alpha value is -1.31. The Labute approximate surface area is 85.5 Å². The highest BCUT2D eigenvalue weighted by atomic mass is 16.2. The van der Waals surface area contributed by atoms with Crippen molar-refractivity contribution in [1.82, 2.24) is 4.90 Å². The molecule has 0 aliphatic carbocycles. The predicted octanol–water partition coefficient (Wildman–Crippen LogP) is 2.34. The summed E-state index contributed by atoms with van der Waals surface area (Å²) in [6.07, 6.45) is 2.04. The first-order chi connectivity index (χ1) is 6.66. The molecule has 2 heteroatoms. The molecule has 0 saturated heterocycles. The standard InChI is InChI=1S/C12H17NO/c1-4-7-10-8-5-6-9-11(10)12(14)13(2)3/h5-6,8-9H,4,7H2,1-3H3. The molecule has 14 heavy (non-hydrogen) atoms. The summed E-state index contributed by atoms with van der Waals surface area (Å²) in [5.74, 6) is 0.0917. The molecule has 0 unspecified atom stereocenters. The Balaban J connectivity index is 3.00. The van der Waals surface area contributed by atoms with Crippen molar-refractivity contribution in [2.45, 2.75) is 19.8 Å². The van der Waals surface area contributed by atoms with E-state index in [2.05, 4.69) is 6.92 Å². The molecule has 0 saturated carbocycles. The van der Waals surface area contributed by atoms with Crippen LogP contribution in [0.25, 0.3) is 0 Å². The van der Waals surface area contributed by atoms with Crippen molar-refractivity contribution in [3.05, 3.63) is 35.4 Å². The lowest BCUT2D eigenvalue weighted by Crippen LogP contribution is -2.22. The van der Waals surface area contributed by atoms with Crippen LogP contribution < -0.4 is 0 Å². The number of nitrogens with zero attached hydrogens (tertiary/aromatic N) is 1. The van der Waals surface area contributed by atoms with Gasteiger partial charge in [0.25, 0.3) is 5.91 Å². The molecule has 0 aliphatic rings. The molecule has 0 spiro atoms. The number of amides is 1. The number of hydrogen-bond donors (Lipinski definition) is 0. The zero-order valence-corrected chi connectivity index (χ0v) is 9.08. The molecule has 2 nitrogen and oxygen atoms in total. The minimum absolute atomic E-state index is 0.0917. The molecule has 1 aromatic rings. The van der Waals surface area contributed by atoms with E-state index in [4.69, 9.17) is 0 Å². The van der Waals surface area contributed by atoms with E-state index in [0.29, 0.717) is 0 Å². The van der Waals surface area contributed by atoms with Crippen LogP contribution in [-0.2, 0) is 6.42 Å². The highest BCUT2D eigenvalue weighted by Crippen LogP contribution is 2.12. The lowest BCUT2D eigenvalue weighted by molar-refractivity contribution is 0.0826. The van der Waals surface area contributed by atoms with E-state index in [0.717, 1.165) is 24.0 Å². The van der Waals surface area contributed by atoms with Gasteiger partial charge in [-0.05, 0) is 18.1 Å². The van der Waals surface area contributed by atoms with E-state index in [9.17, 15) is 4.79 Å². The van der Waals surface area contributed by atoms with Gasteiger partial charge in [-0.25, -0.2) is 0 Å². The van der Waals surface area contributed by atoms with E-state index in [1.807, 2.05) is 24.3 Å². The monoisotopic (exact) mass is 191 g/mol. The van der Waals surface area contributed by atoms with Gasteiger partial charge in [0.05, 0.1) is 0 Å². The third-order valence-corrected chi connectivity index (χ3v) is 2.17. The van der Waals surface area contributed by atoms with Gasteiger partial charge in [-0.3, -0.25) is 4.79 Å². The molecule has 0 atom stereocenters. The quantitative estimate of drug-likeness (QED) is 0.718. The van der Waals surface area contributed by atoms with Crippen LogP contribution in [0.1, 0.15) is 29.3 Å². The van der Waals surface area contributed by atoms with Gasteiger partial charge in [0.1, 0.15) is 0 Å². The first-order valence-corrected chi connectivity index (χ1v) is 4.96. The SMILES string of the molecule is CCCc1ccccc1C(=O)N(C)C. The largest absolute Gasteiger partial charge is 0.345 e. The van der Waals surface area contributed by atoms with Gasteiger partial charge in [0.2, 0.25) is 0 Å². The Morgan fingerprint density at radius 3 is 2.50 bits per heavy atom. The van der Waals surface area contributed by atoms with Crippen LogP contribution in [0.5, 0.6) is 0 Å². The van der Waals surface area contributed by atoms with E-state index >= 15 is 0 Å². The molecule has 0 radical (unpaired) electrons. The van der Waals surface area contributed by atoms with Crippen molar-refractivity contribution in [3.8, 4) is 0 Å². The first kappa shape index (κ1) is 10.8. The Morgan fingerprint density at radius 1 is 1.29 bits per heavy atom. The summed E-state index contributed by atoms with van der Waals surface area (Å²) in [5, 5.41) is 0. The number of hydrogen-bond acceptors (Lipinski definition) is 1. The molecule has 0 aromatic heterocycles. The summed E-state index contributed by atoms with van der Waals surface area (Å²) in [6.45, 7) is 2.12. The molecule has 1 amide bonds. The number of rotatable bonds is 3. The molecule has 76 valence electrons. The smallest absolute Gasteiger partial charge is 0.253 e. The van der Waals surface area contributed by atoms with Crippen LogP contribution in [0, 0.1) is 0 Å². The van der Waals surface area contributed by atoms with Gasteiger partial charge in [-0.15, -0.1) is 0 Å². The second-order valence-electron chi connectivity index (χ2n) is 3.61. The van der Waals surface area contributed by atoms with Crippen molar-refractivity contribution in [2.75, 3.05) is 14.1 Å². The van der Waals surface area contributed by atoms with Crippen molar-refractivity contribution in [3.63, 3.8) is 0 Å². The molecular weight excluding hydrogens is 174 g/mol. The topological polar surface area (TPSA) is 20.3 Å². The Morgan fingerprint density at radius 2 is 1.93 bits per heavy atom. The second-order valence-corrected chi connectivity index (χ2v) is 3.61. The Bertz CT molecular complexity index is 318. The number of carbonyl (C=O) groups excluding carboxylic acids is 1. The van der Waals surface area contributed by atoms with Crippen LogP contribution in [0.4, 0.5) is 0 Å². The van der Waals surface area contributed by atoms with Gasteiger partial charge in [-0.1, -0.05) is 31.5 Å². The Kier molecular flexibility index (Phi) is 3.69. The zero-order valence-electron chi connectivity index (χ0n) is 9.08. The molecule has 0 fully saturated rings. The van der Waals surface area contributed by atoms with Crippen LogP contribution in [0.15, 0.2) is 24.3 Å². The van der Waals surface area contributed by atoms with E-state index in [1.165, 1.54) is 0 Å². The van der Waals surface area contributed by atoms with Crippen LogP contribution in [0.3, 0.4) is 0 Å². The van der Waals surface area contributed by atoms with Crippen molar-refractivity contribution in [1.29, 1.82) is 0 Å². The number of aryl methyl sites for hydroxylation is 1.